The van der Waals surface area contributed by atoms with Crippen LogP contribution in [0.1, 0.15) is 36.3 Å². The first-order chi connectivity index (χ1) is 15.6. The van der Waals surface area contributed by atoms with Gasteiger partial charge in [-0.25, -0.2) is 9.97 Å². The lowest BCUT2D eigenvalue weighted by Gasteiger charge is -2.21. The van der Waals surface area contributed by atoms with E-state index in [2.05, 4.69) is 58.5 Å². The number of anilines is 3. The van der Waals surface area contributed by atoms with Crippen molar-refractivity contribution in [3.8, 4) is 17.3 Å². The van der Waals surface area contributed by atoms with E-state index in [-0.39, 0.29) is 12.4 Å². The minimum atomic E-state index is 0. The second kappa shape index (κ2) is 9.74. The monoisotopic (exact) mass is 461 g/mol. The largest absolute Gasteiger partial charge is 0.355 e. The van der Waals surface area contributed by atoms with Crippen LogP contribution in [0.15, 0.2) is 48.9 Å². The van der Waals surface area contributed by atoms with Crippen molar-refractivity contribution in [2.24, 2.45) is 0 Å². The van der Waals surface area contributed by atoms with Crippen molar-refractivity contribution in [2.45, 2.75) is 31.2 Å². The molecule has 8 heteroatoms. The van der Waals surface area contributed by atoms with E-state index < -0.39 is 0 Å². The number of halogens is 1. The smallest absolute Gasteiger partial charge is 0.131 e. The van der Waals surface area contributed by atoms with E-state index in [1.807, 2.05) is 12.4 Å². The summed E-state index contributed by atoms with van der Waals surface area (Å²) in [5.41, 5.74) is 4.62. The molecule has 33 heavy (non-hydrogen) atoms. The molecule has 2 fully saturated rings. The molecular weight excluding hydrogens is 434 g/mol. The Balaban J connectivity index is 0.00000259. The summed E-state index contributed by atoms with van der Waals surface area (Å²) < 4.78 is 0. The fourth-order valence-corrected chi connectivity index (χ4v) is 4.34. The molecule has 0 aromatic carbocycles. The summed E-state index contributed by atoms with van der Waals surface area (Å²) in [7, 11) is 4.28. The summed E-state index contributed by atoms with van der Waals surface area (Å²) in [6.07, 6.45) is 8.97. The summed E-state index contributed by atoms with van der Waals surface area (Å²) in [4.78, 5) is 18.5. The molecule has 1 aliphatic carbocycles. The van der Waals surface area contributed by atoms with Crippen LogP contribution in [0.25, 0.3) is 11.3 Å². The van der Waals surface area contributed by atoms with Crippen LogP contribution in [0, 0.1) is 11.3 Å². The molecule has 3 aromatic rings. The number of rotatable bonds is 6. The first-order valence-electron chi connectivity index (χ1n) is 11.1. The first-order valence-corrected chi connectivity index (χ1v) is 11.1. The molecule has 7 nitrogen and oxygen atoms in total. The molecule has 1 N–H and O–H groups in total. The van der Waals surface area contributed by atoms with Gasteiger partial charge in [0.15, 0.2) is 0 Å². The Kier molecular flexibility index (Phi) is 6.77. The third-order valence-corrected chi connectivity index (χ3v) is 6.38. The maximum Gasteiger partial charge on any atom is 0.131 e. The van der Waals surface area contributed by atoms with Gasteiger partial charge in [0.25, 0.3) is 0 Å². The zero-order valence-electron chi connectivity index (χ0n) is 18.9. The molecule has 2 aliphatic rings. The number of nitriles is 1. The van der Waals surface area contributed by atoms with Gasteiger partial charge >= 0.3 is 0 Å². The van der Waals surface area contributed by atoms with Crippen molar-refractivity contribution in [3.05, 3.63) is 60.0 Å². The van der Waals surface area contributed by atoms with Crippen molar-refractivity contribution < 1.29 is 0 Å². The van der Waals surface area contributed by atoms with E-state index in [1.54, 1.807) is 18.3 Å². The standard InChI is InChI=1S/C25H27N7.ClH/c1-31(2)20-9-12-32(16-20)23-6-5-19(15-29-23)24-25(21(8-11-28-24)18-3-4-18)30-22-13-17(14-26)7-10-27-22;/h5-8,10-11,13,15,18,20H,3-4,9,12,16H2,1-2H3,(H,27,30);1H/t20-;/m1./s1. The summed E-state index contributed by atoms with van der Waals surface area (Å²) in [5.74, 6) is 2.20. The fourth-order valence-electron chi connectivity index (χ4n) is 4.34. The van der Waals surface area contributed by atoms with Crippen LogP contribution in [0.4, 0.5) is 17.3 Å². The second-order valence-corrected chi connectivity index (χ2v) is 8.82. The average molecular weight is 462 g/mol. The SMILES string of the molecule is CN(C)[C@@H]1CCN(c2ccc(-c3nccc(C4CC4)c3Nc3cc(C#N)ccn3)cn2)C1.Cl. The lowest BCUT2D eigenvalue weighted by molar-refractivity contribution is 0.315. The molecule has 1 atom stereocenters. The van der Waals surface area contributed by atoms with Gasteiger partial charge < -0.3 is 15.1 Å². The van der Waals surface area contributed by atoms with Crippen LogP contribution < -0.4 is 10.2 Å². The van der Waals surface area contributed by atoms with Crippen LogP contribution in [0.2, 0.25) is 0 Å². The summed E-state index contributed by atoms with van der Waals surface area (Å²) in [6.45, 7) is 2.03. The first kappa shape index (κ1) is 23.0. The molecule has 1 saturated carbocycles. The molecule has 3 aromatic heterocycles. The highest BCUT2D eigenvalue weighted by Gasteiger charge is 2.29. The number of pyridine rings is 3. The summed E-state index contributed by atoms with van der Waals surface area (Å²) in [5, 5.41) is 12.7. The lowest BCUT2D eigenvalue weighted by Crippen LogP contribution is -2.31. The molecule has 1 aliphatic heterocycles. The number of nitrogens with one attached hydrogen (secondary N) is 1. The Hall–Kier alpha value is -3.21. The third-order valence-electron chi connectivity index (χ3n) is 6.38. The molecule has 0 spiro atoms. The van der Waals surface area contributed by atoms with Crippen molar-refractivity contribution in [1.29, 1.82) is 5.26 Å². The highest BCUT2D eigenvalue weighted by molar-refractivity contribution is 5.85. The van der Waals surface area contributed by atoms with Gasteiger partial charge in [-0.3, -0.25) is 4.98 Å². The predicted octanol–water partition coefficient (Wildman–Crippen LogP) is 4.59. The zero-order chi connectivity index (χ0) is 22.1. The van der Waals surface area contributed by atoms with E-state index in [4.69, 9.17) is 9.97 Å². The number of hydrogen-bond acceptors (Lipinski definition) is 7. The molecular formula is C25H28ClN7. The minimum absolute atomic E-state index is 0. The Labute approximate surface area is 200 Å². The second-order valence-electron chi connectivity index (χ2n) is 8.82. The lowest BCUT2D eigenvalue weighted by atomic mass is 10.0. The fraction of sp³-hybridized carbons (Fsp3) is 0.360. The Morgan fingerprint density at radius 2 is 1.88 bits per heavy atom. The van der Waals surface area contributed by atoms with E-state index in [1.165, 1.54) is 18.4 Å². The number of aromatic nitrogens is 3. The average Bonchev–Trinajstić information content (AvgIpc) is 3.54. The summed E-state index contributed by atoms with van der Waals surface area (Å²) >= 11 is 0. The molecule has 0 amide bonds. The predicted molar refractivity (Wildman–Crippen MR) is 133 cm³/mol. The van der Waals surface area contributed by atoms with Gasteiger partial charge in [0.05, 0.1) is 23.0 Å². The maximum atomic E-state index is 9.24. The number of hydrogen-bond donors (Lipinski definition) is 1. The van der Waals surface area contributed by atoms with Crippen molar-refractivity contribution in [1.82, 2.24) is 19.9 Å². The maximum absolute atomic E-state index is 9.24. The van der Waals surface area contributed by atoms with Crippen molar-refractivity contribution in [2.75, 3.05) is 37.4 Å². The highest BCUT2D eigenvalue weighted by atomic mass is 35.5. The molecule has 0 unspecified atom stereocenters. The van der Waals surface area contributed by atoms with Crippen LogP contribution in [0.5, 0.6) is 0 Å². The topological polar surface area (TPSA) is 81.0 Å². The Bertz CT molecular complexity index is 1150. The van der Waals surface area contributed by atoms with Gasteiger partial charge in [-0.15, -0.1) is 12.4 Å². The number of nitrogens with zero attached hydrogens (tertiary/aromatic N) is 6. The molecule has 0 bridgehead atoms. The molecule has 0 radical (unpaired) electrons. The van der Waals surface area contributed by atoms with E-state index in [9.17, 15) is 5.26 Å². The van der Waals surface area contributed by atoms with Crippen LogP contribution in [-0.2, 0) is 0 Å². The minimum Gasteiger partial charge on any atom is -0.355 e. The van der Waals surface area contributed by atoms with Crippen molar-refractivity contribution in [3.63, 3.8) is 0 Å². The number of likely N-dealkylation sites (N-methyl/N-ethyl adjacent to an activating group) is 1. The van der Waals surface area contributed by atoms with E-state index in [0.29, 0.717) is 23.3 Å². The molecule has 5 rings (SSSR count). The van der Waals surface area contributed by atoms with Gasteiger partial charge in [-0.05, 0) is 75.2 Å². The quantitative estimate of drug-likeness (QED) is 0.574. The van der Waals surface area contributed by atoms with E-state index >= 15 is 0 Å². The van der Waals surface area contributed by atoms with Gasteiger partial charge in [-0.1, -0.05) is 0 Å². The van der Waals surface area contributed by atoms with Crippen LogP contribution >= 0.6 is 12.4 Å². The Morgan fingerprint density at radius 3 is 2.55 bits per heavy atom. The van der Waals surface area contributed by atoms with Gasteiger partial charge in [0, 0.05) is 43.3 Å². The Morgan fingerprint density at radius 1 is 1.06 bits per heavy atom. The highest BCUT2D eigenvalue weighted by Crippen LogP contribution is 2.46. The van der Waals surface area contributed by atoms with E-state index in [0.717, 1.165) is 42.3 Å². The molecule has 170 valence electrons. The third kappa shape index (κ3) is 4.92. The van der Waals surface area contributed by atoms with Crippen molar-refractivity contribution >= 4 is 29.7 Å². The zero-order valence-corrected chi connectivity index (χ0v) is 19.7. The van der Waals surface area contributed by atoms with Gasteiger partial charge in [-0.2, -0.15) is 5.26 Å². The van der Waals surface area contributed by atoms with Crippen LogP contribution in [-0.4, -0.2) is 53.1 Å². The molecule has 1 saturated heterocycles. The van der Waals surface area contributed by atoms with Crippen LogP contribution in [0.3, 0.4) is 0 Å². The van der Waals surface area contributed by atoms with Gasteiger partial charge in [0.2, 0.25) is 0 Å². The van der Waals surface area contributed by atoms with Gasteiger partial charge in [0.1, 0.15) is 11.6 Å². The normalized spacial score (nSPS) is 17.5. The molecule has 4 heterocycles. The summed E-state index contributed by atoms with van der Waals surface area (Å²) in [6, 6.07) is 12.5.